The van der Waals surface area contributed by atoms with E-state index in [1.165, 1.54) is 6.20 Å². The van der Waals surface area contributed by atoms with Crippen molar-refractivity contribution in [3.8, 4) is 0 Å². The number of aromatic nitrogens is 1. The fourth-order valence-corrected chi connectivity index (χ4v) is 0.709. The van der Waals surface area contributed by atoms with Crippen molar-refractivity contribution < 1.29 is 4.79 Å². The van der Waals surface area contributed by atoms with E-state index in [-0.39, 0.29) is 5.69 Å². The van der Waals surface area contributed by atoms with Crippen LogP contribution >= 0.6 is 0 Å². The lowest BCUT2D eigenvalue weighted by Crippen LogP contribution is -2.12. The highest BCUT2D eigenvalue weighted by Gasteiger charge is 1.99. The summed E-state index contributed by atoms with van der Waals surface area (Å²) >= 11 is 0. The zero-order chi connectivity index (χ0) is 8.27. The number of carbonyl (C=O) groups excluding carboxylic acids is 1. The van der Waals surface area contributed by atoms with Crippen molar-refractivity contribution in [3.63, 3.8) is 0 Å². The molecule has 3 heteroatoms. The zero-order valence-corrected chi connectivity index (χ0v) is 5.95. The van der Waals surface area contributed by atoms with Gasteiger partial charge in [-0.1, -0.05) is 12.7 Å². The number of amides is 1. The van der Waals surface area contributed by atoms with Crippen LogP contribution in [0.15, 0.2) is 24.9 Å². The molecule has 0 spiro atoms. The third-order valence-corrected chi connectivity index (χ3v) is 1.27. The molecule has 1 aromatic heterocycles. The lowest BCUT2D eigenvalue weighted by atomic mass is 10.2. The molecule has 3 nitrogen and oxygen atoms in total. The van der Waals surface area contributed by atoms with E-state index in [9.17, 15) is 4.79 Å². The highest BCUT2D eigenvalue weighted by atomic mass is 16.1. The number of rotatable bonds is 2. The normalized spacial score (nSPS) is 9.09. The van der Waals surface area contributed by atoms with E-state index in [4.69, 9.17) is 5.73 Å². The first kappa shape index (κ1) is 7.47. The van der Waals surface area contributed by atoms with Crippen molar-refractivity contribution in [3.05, 3.63) is 36.2 Å². The SMILES string of the molecule is C=Cc1ccnc(C(N)=O)c1. The van der Waals surface area contributed by atoms with Crippen molar-refractivity contribution in [1.82, 2.24) is 4.98 Å². The highest BCUT2D eigenvalue weighted by Crippen LogP contribution is 2.01. The van der Waals surface area contributed by atoms with Gasteiger partial charge in [0.15, 0.2) is 0 Å². The van der Waals surface area contributed by atoms with Crippen molar-refractivity contribution in [2.45, 2.75) is 0 Å². The lowest BCUT2D eigenvalue weighted by Gasteiger charge is -1.94. The minimum Gasteiger partial charge on any atom is -0.364 e. The number of nitrogens with zero attached hydrogens (tertiary/aromatic N) is 1. The average molecular weight is 148 g/mol. The summed E-state index contributed by atoms with van der Waals surface area (Å²) in [5, 5.41) is 0. The maximum Gasteiger partial charge on any atom is 0.267 e. The Morgan fingerprint density at radius 3 is 3.00 bits per heavy atom. The first-order valence-corrected chi connectivity index (χ1v) is 3.12. The second kappa shape index (κ2) is 2.96. The number of hydrogen-bond acceptors (Lipinski definition) is 2. The van der Waals surface area contributed by atoms with Crippen LogP contribution < -0.4 is 5.73 Å². The van der Waals surface area contributed by atoms with Crippen LogP contribution in [0, 0.1) is 0 Å². The van der Waals surface area contributed by atoms with E-state index in [0.29, 0.717) is 0 Å². The molecule has 1 rings (SSSR count). The molecular weight excluding hydrogens is 140 g/mol. The summed E-state index contributed by atoms with van der Waals surface area (Å²) in [6.45, 7) is 3.55. The van der Waals surface area contributed by atoms with Crippen LogP contribution in [0.4, 0.5) is 0 Å². The Kier molecular flexibility index (Phi) is 2.01. The van der Waals surface area contributed by atoms with Crippen LogP contribution in [0.5, 0.6) is 0 Å². The molecule has 1 aromatic rings. The van der Waals surface area contributed by atoms with E-state index in [0.717, 1.165) is 5.56 Å². The molecule has 0 saturated carbocycles. The average Bonchev–Trinajstić information content (AvgIpc) is 2.05. The van der Waals surface area contributed by atoms with Crippen molar-refractivity contribution in [2.24, 2.45) is 5.73 Å². The maximum atomic E-state index is 10.6. The number of carbonyl (C=O) groups is 1. The van der Waals surface area contributed by atoms with Crippen molar-refractivity contribution in [2.75, 3.05) is 0 Å². The van der Waals surface area contributed by atoms with Gasteiger partial charge < -0.3 is 5.73 Å². The van der Waals surface area contributed by atoms with Crippen LogP contribution in [0.25, 0.3) is 6.08 Å². The molecule has 11 heavy (non-hydrogen) atoms. The Morgan fingerprint density at radius 1 is 1.73 bits per heavy atom. The predicted molar refractivity (Wildman–Crippen MR) is 42.8 cm³/mol. The molecule has 0 saturated heterocycles. The molecular formula is C8H8N2O. The molecule has 0 aliphatic rings. The molecule has 1 amide bonds. The maximum absolute atomic E-state index is 10.6. The van der Waals surface area contributed by atoms with Crippen molar-refractivity contribution in [1.29, 1.82) is 0 Å². The van der Waals surface area contributed by atoms with Crippen molar-refractivity contribution >= 4 is 12.0 Å². The van der Waals surface area contributed by atoms with Gasteiger partial charge in [-0.15, -0.1) is 0 Å². The van der Waals surface area contributed by atoms with Gasteiger partial charge in [0.05, 0.1) is 0 Å². The topological polar surface area (TPSA) is 56.0 Å². The van der Waals surface area contributed by atoms with Gasteiger partial charge in [0.2, 0.25) is 0 Å². The first-order chi connectivity index (χ1) is 5.24. The lowest BCUT2D eigenvalue weighted by molar-refractivity contribution is 0.0995. The minimum absolute atomic E-state index is 0.266. The molecule has 0 fully saturated rings. The van der Waals surface area contributed by atoms with Crippen LogP contribution in [0.3, 0.4) is 0 Å². The second-order valence-corrected chi connectivity index (χ2v) is 2.04. The molecule has 0 atom stereocenters. The summed E-state index contributed by atoms with van der Waals surface area (Å²) < 4.78 is 0. The molecule has 0 radical (unpaired) electrons. The van der Waals surface area contributed by atoms with E-state index >= 15 is 0 Å². The molecule has 0 aliphatic heterocycles. The summed E-state index contributed by atoms with van der Waals surface area (Å²) in [7, 11) is 0. The van der Waals surface area contributed by atoms with Gasteiger partial charge in [-0.3, -0.25) is 9.78 Å². The van der Waals surface area contributed by atoms with Gasteiger partial charge in [-0.2, -0.15) is 0 Å². The van der Waals surface area contributed by atoms with E-state index < -0.39 is 5.91 Å². The van der Waals surface area contributed by atoms with E-state index in [2.05, 4.69) is 11.6 Å². The van der Waals surface area contributed by atoms with Crippen LogP contribution in [0.2, 0.25) is 0 Å². The molecule has 0 aliphatic carbocycles. The summed E-state index contributed by atoms with van der Waals surface area (Å²) in [5.41, 5.74) is 6.11. The summed E-state index contributed by atoms with van der Waals surface area (Å²) in [4.78, 5) is 14.4. The Morgan fingerprint density at radius 2 is 2.45 bits per heavy atom. The third kappa shape index (κ3) is 1.64. The minimum atomic E-state index is -0.520. The third-order valence-electron chi connectivity index (χ3n) is 1.27. The van der Waals surface area contributed by atoms with Crippen LogP contribution in [-0.4, -0.2) is 10.9 Å². The number of pyridine rings is 1. The Hall–Kier alpha value is -1.64. The Balaban J connectivity index is 3.10. The largest absolute Gasteiger partial charge is 0.364 e. The molecule has 56 valence electrons. The van der Waals surface area contributed by atoms with Gasteiger partial charge in [0.1, 0.15) is 5.69 Å². The standard InChI is InChI=1S/C8H8N2O/c1-2-6-3-4-10-7(5-6)8(9)11/h2-5H,1H2,(H2,9,11). The molecule has 2 N–H and O–H groups in total. The molecule has 0 bridgehead atoms. The Labute approximate surface area is 64.6 Å². The van der Waals surface area contributed by atoms with Gasteiger partial charge in [-0.05, 0) is 17.7 Å². The predicted octanol–water partition coefficient (Wildman–Crippen LogP) is 0.824. The summed E-state index contributed by atoms with van der Waals surface area (Å²) in [5.74, 6) is -0.520. The monoisotopic (exact) mass is 148 g/mol. The highest BCUT2D eigenvalue weighted by molar-refractivity contribution is 5.91. The van der Waals surface area contributed by atoms with Gasteiger partial charge in [0, 0.05) is 6.20 Å². The fourth-order valence-electron chi connectivity index (χ4n) is 0.709. The number of primary amides is 1. The smallest absolute Gasteiger partial charge is 0.267 e. The quantitative estimate of drug-likeness (QED) is 0.675. The molecule has 0 unspecified atom stereocenters. The van der Waals surface area contributed by atoms with Crippen LogP contribution in [-0.2, 0) is 0 Å². The molecule has 1 heterocycles. The van der Waals surface area contributed by atoms with Crippen LogP contribution in [0.1, 0.15) is 16.1 Å². The fraction of sp³-hybridized carbons (Fsp3) is 0. The van der Waals surface area contributed by atoms with E-state index in [1.54, 1.807) is 18.2 Å². The second-order valence-electron chi connectivity index (χ2n) is 2.04. The number of hydrogen-bond donors (Lipinski definition) is 1. The van der Waals surface area contributed by atoms with Gasteiger partial charge in [-0.25, -0.2) is 0 Å². The zero-order valence-electron chi connectivity index (χ0n) is 5.95. The first-order valence-electron chi connectivity index (χ1n) is 3.12. The Bertz CT molecular complexity index is 294. The summed E-state index contributed by atoms with van der Waals surface area (Å²) in [6, 6.07) is 3.34. The van der Waals surface area contributed by atoms with Gasteiger partial charge >= 0.3 is 0 Å². The van der Waals surface area contributed by atoms with E-state index in [1.807, 2.05) is 0 Å². The molecule has 0 aromatic carbocycles. The number of nitrogens with two attached hydrogens (primary N) is 1. The van der Waals surface area contributed by atoms with Gasteiger partial charge in [0.25, 0.3) is 5.91 Å². The summed E-state index contributed by atoms with van der Waals surface area (Å²) in [6.07, 6.45) is 3.16.